The van der Waals surface area contributed by atoms with Crippen LogP contribution < -0.4 is 5.32 Å². The van der Waals surface area contributed by atoms with Gasteiger partial charge in [0.05, 0.1) is 4.92 Å². The zero-order valence-corrected chi connectivity index (χ0v) is 16.6. The Kier molecular flexibility index (Phi) is 5.69. The van der Waals surface area contributed by atoms with E-state index < -0.39 is 4.92 Å². The summed E-state index contributed by atoms with van der Waals surface area (Å²) in [5.41, 5.74) is 0.747. The summed E-state index contributed by atoms with van der Waals surface area (Å²) >= 11 is 0. The summed E-state index contributed by atoms with van der Waals surface area (Å²) in [5.74, 6) is 0.00878. The van der Waals surface area contributed by atoms with Gasteiger partial charge < -0.3 is 15.1 Å². The summed E-state index contributed by atoms with van der Waals surface area (Å²) < 4.78 is 0. The van der Waals surface area contributed by atoms with Gasteiger partial charge in [0.15, 0.2) is 0 Å². The standard InChI is InChI=1S/C21H28N4O4/c26-20(23-10-2-1-3-11-23)15-8-12-24(13-9-15)21(27)16-4-7-18(22-17-5-6-17)19(14-16)25(28)29/h4,7,14-15,17,22H,1-3,5-6,8-13H2. The third-order valence-electron chi connectivity index (χ3n) is 6.18. The summed E-state index contributed by atoms with van der Waals surface area (Å²) in [6, 6.07) is 4.96. The molecule has 0 radical (unpaired) electrons. The van der Waals surface area contributed by atoms with Gasteiger partial charge in [0.2, 0.25) is 5.91 Å². The number of nitro groups is 1. The minimum absolute atomic E-state index is 0.0170. The van der Waals surface area contributed by atoms with Crippen molar-refractivity contribution in [2.45, 2.75) is 51.0 Å². The van der Waals surface area contributed by atoms with E-state index in [2.05, 4.69) is 5.32 Å². The van der Waals surface area contributed by atoms with Crippen molar-refractivity contribution >= 4 is 23.2 Å². The van der Waals surface area contributed by atoms with E-state index in [9.17, 15) is 19.7 Å². The maximum Gasteiger partial charge on any atom is 0.293 e. The number of nitro benzene ring substituents is 1. The van der Waals surface area contributed by atoms with E-state index >= 15 is 0 Å². The molecule has 1 aromatic carbocycles. The summed E-state index contributed by atoms with van der Waals surface area (Å²) in [4.78, 5) is 40.3. The third kappa shape index (κ3) is 4.52. The largest absolute Gasteiger partial charge is 0.377 e. The normalized spacial score (nSPS) is 20.4. The molecule has 2 amide bonds. The molecule has 0 aromatic heterocycles. The van der Waals surface area contributed by atoms with Crippen molar-refractivity contribution in [3.05, 3.63) is 33.9 Å². The van der Waals surface area contributed by atoms with E-state index in [1.165, 1.54) is 12.5 Å². The third-order valence-corrected chi connectivity index (χ3v) is 6.18. The molecular formula is C21H28N4O4. The van der Waals surface area contributed by atoms with Crippen molar-refractivity contribution < 1.29 is 14.5 Å². The highest BCUT2D eigenvalue weighted by molar-refractivity contribution is 5.96. The monoisotopic (exact) mass is 400 g/mol. The Hall–Kier alpha value is -2.64. The number of carbonyl (C=O) groups is 2. The number of carbonyl (C=O) groups excluding carboxylic acids is 2. The first kappa shape index (κ1) is 19.7. The molecule has 0 atom stereocenters. The molecule has 2 saturated heterocycles. The Balaban J connectivity index is 1.38. The molecule has 0 spiro atoms. The van der Waals surface area contributed by atoms with Gasteiger partial charge in [-0.25, -0.2) is 0 Å². The number of likely N-dealkylation sites (tertiary alicyclic amines) is 2. The van der Waals surface area contributed by atoms with Crippen LogP contribution in [0.25, 0.3) is 0 Å². The summed E-state index contributed by atoms with van der Waals surface area (Å²) in [5, 5.41) is 14.6. The zero-order chi connectivity index (χ0) is 20.4. The lowest BCUT2D eigenvalue weighted by Gasteiger charge is -2.35. The molecular weight excluding hydrogens is 372 g/mol. The highest BCUT2D eigenvalue weighted by atomic mass is 16.6. The molecule has 0 unspecified atom stereocenters. The second-order valence-electron chi connectivity index (χ2n) is 8.36. The molecule has 0 bridgehead atoms. The van der Waals surface area contributed by atoms with Gasteiger partial charge in [0.25, 0.3) is 11.6 Å². The molecule has 3 aliphatic rings. The fourth-order valence-corrected chi connectivity index (χ4v) is 4.27. The van der Waals surface area contributed by atoms with Gasteiger partial charge in [0, 0.05) is 49.8 Å². The molecule has 8 heteroatoms. The first-order valence-corrected chi connectivity index (χ1v) is 10.7. The molecule has 3 fully saturated rings. The van der Waals surface area contributed by atoms with Gasteiger partial charge in [-0.3, -0.25) is 19.7 Å². The van der Waals surface area contributed by atoms with Crippen LogP contribution in [-0.2, 0) is 4.79 Å². The average Bonchev–Trinajstić information content (AvgIpc) is 3.57. The number of nitrogens with one attached hydrogen (secondary N) is 1. The Morgan fingerprint density at radius 1 is 0.966 bits per heavy atom. The number of rotatable bonds is 5. The van der Waals surface area contributed by atoms with E-state index in [1.54, 1.807) is 17.0 Å². The second-order valence-corrected chi connectivity index (χ2v) is 8.36. The van der Waals surface area contributed by atoms with Crippen molar-refractivity contribution in [2.75, 3.05) is 31.5 Å². The van der Waals surface area contributed by atoms with Crippen LogP contribution in [0.4, 0.5) is 11.4 Å². The van der Waals surface area contributed by atoms with Gasteiger partial charge in [-0.15, -0.1) is 0 Å². The number of amides is 2. The predicted molar refractivity (Wildman–Crippen MR) is 109 cm³/mol. The summed E-state index contributed by atoms with van der Waals surface area (Å²) in [6.45, 7) is 2.73. The SMILES string of the molecule is O=C(c1ccc(NC2CC2)c([N+](=O)[O-])c1)N1CCC(C(=O)N2CCCCC2)CC1. The molecule has 1 saturated carbocycles. The predicted octanol–water partition coefficient (Wildman–Crippen LogP) is 3.03. The maximum absolute atomic E-state index is 12.9. The lowest BCUT2D eigenvalue weighted by Crippen LogP contribution is -2.45. The van der Waals surface area contributed by atoms with Gasteiger partial charge >= 0.3 is 0 Å². The minimum Gasteiger partial charge on any atom is -0.377 e. The van der Waals surface area contributed by atoms with Gasteiger partial charge in [-0.05, 0) is 57.1 Å². The fraction of sp³-hybridized carbons (Fsp3) is 0.619. The van der Waals surface area contributed by atoms with E-state index in [0.29, 0.717) is 43.2 Å². The summed E-state index contributed by atoms with van der Waals surface area (Å²) in [7, 11) is 0. The Morgan fingerprint density at radius 2 is 1.66 bits per heavy atom. The number of piperidine rings is 2. The maximum atomic E-state index is 12.9. The van der Waals surface area contributed by atoms with Crippen molar-refractivity contribution in [1.29, 1.82) is 0 Å². The number of hydrogen-bond donors (Lipinski definition) is 1. The Morgan fingerprint density at radius 3 is 2.28 bits per heavy atom. The van der Waals surface area contributed by atoms with Crippen LogP contribution in [0.3, 0.4) is 0 Å². The van der Waals surface area contributed by atoms with E-state index in [4.69, 9.17) is 0 Å². The number of nitrogens with zero attached hydrogens (tertiary/aromatic N) is 3. The fourth-order valence-electron chi connectivity index (χ4n) is 4.27. The number of hydrogen-bond acceptors (Lipinski definition) is 5. The van der Waals surface area contributed by atoms with Crippen LogP contribution in [0.2, 0.25) is 0 Å². The van der Waals surface area contributed by atoms with Crippen LogP contribution in [0.15, 0.2) is 18.2 Å². The first-order chi connectivity index (χ1) is 14.0. The first-order valence-electron chi connectivity index (χ1n) is 10.7. The van der Waals surface area contributed by atoms with Crippen LogP contribution >= 0.6 is 0 Å². The molecule has 1 aliphatic carbocycles. The van der Waals surface area contributed by atoms with E-state index in [-0.39, 0.29) is 23.4 Å². The zero-order valence-electron chi connectivity index (χ0n) is 16.6. The molecule has 29 heavy (non-hydrogen) atoms. The van der Waals surface area contributed by atoms with Crippen LogP contribution in [0.1, 0.15) is 55.3 Å². The topological polar surface area (TPSA) is 95.8 Å². The lowest BCUT2D eigenvalue weighted by atomic mass is 9.94. The quantitative estimate of drug-likeness (QED) is 0.605. The van der Waals surface area contributed by atoms with Crippen molar-refractivity contribution in [3.63, 3.8) is 0 Å². The van der Waals surface area contributed by atoms with Crippen molar-refractivity contribution in [2.24, 2.45) is 5.92 Å². The van der Waals surface area contributed by atoms with Gasteiger partial charge in [-0.2, -0.15) is 0 Å². The molecule has 4 rings (SSSR count). The van der Waals surface area contributed by atoms with E-state index in [1.807, 2.05) is 4.90 Å². The van der Waals surface area contributed by atoms with Crippen LogP contribution in [0.5, 0.6) is 0 Å². The summed E-state index contributed by atoms with van der Waals surface area (Å²) in [6.07, 6.45) is 6.69. The van der Waals surface area contributed by atoms with Crippen LogP contribution in [0, 0.1) is 16.0 Å². The van der Waals surface area contributed by atoms with Gasteiger partial charge in [0.1, 0.15) is 5.69 Å². The highest BCUT2D eigenvalue weighted by Gasteiger charge is 2.32. The average molecular weight is 400 g/mol. The molecule has 1 N–H and O–H groups in total. The van der Waals surface area contributed by atoms with E-state index in [0.717, 1.165) is 38.8 Å². The van der Waals surface area contributed by atoms with Crippen LogP contribution in [-0.4, -0.2) is 58.8 Å². The van der Waals surface area contributed by atoms with Crippen molar-refractivity contribution in [1.82, 2.24) is 9.80 Å². The minimum atomic E-state index is -0.439. The number of benzene rings is 1. The molecule has 2 aliphatic heterocycles. The second kappa shape index (κ2) is 8.39. The molecule has 8 nitrogen and oxygen atoms in total. The Bertz CT molecular complexity index is 794. The number of anilines is 1. The molecule has 156 valence electrons. The van der Waals surface area contributed by atoms with Gasteiger partial charge in [-0.1, -0.05) is 0 Å². The highest BCUT2D eigenvalue weighted by Crippen LogP contribution is 2.32. The molecule has 2 heterocycles. The molecule has 1 aromatic rings. The smallest absolute Gasteiger partial charge is 0.293 e. The Labute approximate surface area is 170 Å². The lowest BCUT2D eigenvalue weighted by molar-refractivity contribution is -0.384. The van der Waals surface area contributed by atoms with Crippen molar-refractivity contribution in [3.8, 4) is 0 Å².